The lowest BCUT2D eigenvalue weighted by atomic mass is 10.2. The molecule has 1 atom stereocenters. The van der Waals surface area contributed by atoms with Gasteiger partial charge in [0.15, 0.2) is 6.17 Å². The second kappa shape index (κ2) is 7.61. The maximum atomic E-state index is 12.8. The van der Waals surface area contributed by atoms with Gasteiger partial charge >= 0.3 is 6.09 Å². The second-order valence-electron chi connectivity index (χ2n) is 5.53. The minimum Gasteiger partial charge on any atom is -0.410 e. The third kappa shape index (κ3) is 4.01. The molecule has 0 unspecified atom stereocenters. The highest BCUT2D eigenvalue weighted by atomic mass is 35.6. The number of amides is 2. The summed E-state index contributed by atoms with van der Waals surface area (Å²) in [6.45, 7) is 0. The first kappa shape index (κ1) is 21.0. The molecular formula is C16H10Cl4N2O5S. The Balaban J connectivity index is 1.90. The average molecular weight is 484 g/mol. The Labute approximate surface area is 180 Å². The highest BCUT2D eigenvalue weighted by molar-refractivity contribution is 7.90. The molecule has 148 valence electrons. The van der Waals surface area contributed by atoms with Crippen LogP contribution >= 0.6 is 46.4 Å². The molecule has 3 rings (SSSR count). The molecular weight excluding hydrogens is 474 g/mol. The van der Waals surface area contributed by atoms with E-state index in [2.05, 4.69) is 5.32 Å². The van der Waals surface area contributed by atoms with Crippen molar-refractivity contribution in [1.82, 2.24) is 9.62 Å². The number of halogens is 4. The van der Waals surface area contributed by atoms with Crippen LogP contribution < -0.4 is 10.1 Å². The number of nitrogens with zero attached hydrogens (tertiary/aromatic N) is 1. The molecule has 12 heteroatoms. The minimum absolute atomic E-state index is 0.101. The van der Waals surface area contributed by atoms with Gasteiger partial charge in [0.1, 0.15) is 10.6 Å². The van der Waals surface area contributed by atoms with Gasteiger partial charge in [0.05, 0.1) is 5.56 Å². The summed E-state index contributed by atoms with van der Waals surface area (Å²) in [6, 6.07) is 11.2. The molecule has 1 aliphatic rings. The normalized spacial score (nSPS) is 16.4. The van der Waals surface area contributed by atoms with E-state index in [0.29, 0.717) is 9.33 Å². The van der Waals surface area contributed by atoms with Crippen LogP contribution in [-0.2, 0) is 10.0 Å². The van der Waals surface area contributed by atoms with Crippen molar-refractivity contribution in [3.63, 3.8) is 0 Å². The van der Waals surface area contributed by atoms with Crippen LogP contribution in [0.15, 0.2) is 53.4 Å². The molecule has 0 aliphatic carbocycles. The number of sulfonamides is 1. The average Bonchev–Trinajstić information content (AvgIpc) is 2.81. The van der Waals surface area contributed by atoms with E-state index < -0.39 is 32.0 Å². The molecule has 0 saturated carbocycles. The van der Waals surface area contributed by atoms with Crippen LogP contribution in [0.3, 0.4) is 0 Å². The van der Waals surface area contributed by atoms with E-state index in [0.717, 1.165) is 0 Å². The fraction of sp³-hybridized carbons (Fsp3) is 0.125. The summed E-state index contributed by atoms with van der Waals surface area (Å²) >= 11 is 23.4. The zero-order chi connectivity index (χ0) is 20.7. The van der Waals surface area contributed by atoms with E-state index in [1.54, 1.807) is 0 Å². The van der Waals surface area contributed by atoms with Crippen LogP contribution in [0.25, 0.3) is 0 Å². The number of alkyl halides is 3. The summed E-state index contributed by atoms with van der Waals surface area (Å²) in [7, 11) is -4.36. The van der Waals surface area contributed by atoms with Crippen molar-refractivity contribution in [3.05, 3.63) is 59.1 Å². The molecule has 0 spiro atoms. The quantitative estimate of drug-likeness (QED) is 0.666. The number of hydrogen-bond acceptors (Lipinski definition) is 5. The number of fused-ring (bicyclic) bond motifs is 1. The molecule has 28 heavy (non-hydrogen) atoms. The monoisotopic (exact) mass is 482 g/mol. The largest absolute Gasteiger partial charge is 0.414 e. The smallest absolute Gasteiger partial charge is 0.410 e. The third-order valence-electron chi connectivity index (χ3n) is 3.68. The molecule has 2 aromatic carbocycles. The van der Waals surface area contributed by atoms with Crippen LogP contribution in [0.4, 0.5) is 4.79 Å². The van der Waals surface area contributed by atoms with Crippen LogP contribution in [0.1, 0.15) is 10.4 Å². The molecule has 2 amide bonds. The summed E-state index contributed by atoms with van der Waals surface area (Å²) in [5, 5.41) is 2.53. The molecule has 7 nitrogen and oxygen atoms in total. The number of nitrogens with one attached hydrogen (secondary N) is 1. The fourth-order valence-corrected chi connectivity index (χ4v) is 4.94. The molecule has 2 aromatic rings. The van der Waals surface area contributed by atoms with Gasteiger partial charge in [0, 0.05) is 5.02 Å². The van der Waals surface area contributed by atoms with Crippen LogP contribution in [0.5, 0.6) is 5.75 Å². The number of rotatable bonds is 3. The summed E-state index contributed by atoms with van der Waals surface area (Å²) in [4.78, 5) is 24.6. The number of hydrogen-bond donors (Lipinski definition) is 1. The zero-order valence-electron chi connectivity index (χ0n) is 13.6. The summed E-state index contributed by atoms with van der Waals surface area (Å²) in [6.07, 6.45) is -3.00. The molecule has 0 saturated heterocycles. The number of carbonyl (C=O) groups excluding carboxylic acids is 2. The Morgan fingerprint density at radius 3 is 2.25 bits per heavy atom. The molecule has 0 radical (unpaired) electrons. The van der Waals surface area contributed by atoms with Crippen molar-refractivity contribution in [2.24, 2.45) is 0 Å². The number of ether oxygens (including phenoxy) is 1. The maximum absolute atomic E-state index is 12.8. The first-order chi connectivity index (χ1) is 13.0. The van der Waals surface area contributed by atoms with Gasteiger partial charge < -0.3 is 4.74 Å². The van der Waals surface area contributed by atoms with Crippen molar-refractivity contribution in [2.75, 3.05) is 0 Å². The molecule has 1 aliphatic heterocycles. The Morgan fingerprint density at radius 2 is 1.68 bits per heavy atom. The summed E-state index contributed by atoms with van der Waals surface area (Å²) in [5.74, 6) is -0.845. The molecule has 1 heterocycles. The predicted octanol–water partition coefficient (Wildman–Crippen LogP) is 3.97. The van der Waals surface area contributed by atoms with E-state index in [4.69, 9.17) is 51.1 Å². The lowest BCUT2D eigenvalue weighted by Gasteiger charge is -2.31. The SMILES string of the molecule is O=C(N[C@@H](N1C(=O)c2ccccc2S1(=O)=O)C(Cl)(Cl)Cl)Oc1ccc(Cl)cc1. The van der Waals surface area contributed by atoms with Gasteiger partial charge in [0.2, 0.25) is 3.79 Å². The highest BCUT2D eigenvalue weighted by Crippen LogP contribution is 2.39. The predicted molar refractivity (Wildman–Crippen MR) is 104 cm³/mol. The Kier molecular flexibility index (Phi) is 5.71. The van der Waals surface area contributed by atoms with E-state index in [9.17, 15) is 18.0 Å². The number of benzene rings is 2. The highest BCUT2D eigenvalue weighted by Gasteiger charge is 2.52. The Bertz CT molecular complexity index is 1040. The van der Waals surface area contributed by atoms with Crippen molar-refractivity contribution in [2.45, 2.75) is 14.9 Å². The van der Waals surface area contributed by atoms with E-state index >= 15 is 0 Å². The van der Waals surface area contributed by atoms with E-state index in [-0.39, 0.29) is 16.2 Å². The van der Waals surface area contributed by atoms with E-state index in [1.807, 2.05) is 0 Å². The molecule has 0 aromatic heterocycles. The van der Waals surface area contributed by atoms with Crippen LogP contribution in [0.2, 0.25) is 5.02 Å². The van der Waals surface area contributed by atoms with Crippen molar-refractivity contribution in [1.29, 1.82) is 0 Å². The Hall–Kier alpha value is -1.71. The zero-order valence-corrected chi connectivity index (χ0v) is 17.4. The topological polar surface area (TPSA) is 92.8 Å². The standard InChI is InChI=1S/C16H10Cl4N2O5S/c17-9-5-7-10(8-6-9)27-15(24)21-14(16(18,19)20)22-13(23)11-3-1-2-4-12(11)28(22,25)26/h1-8,14H,(H,21,24)/t14-/m0/s1. The lowest BCUT2D eigenvalue weighted by molar-refractivity contribution is 0.0816. The van der Waals surface area contributed by atoms with Gasteiger partial charge in [-0.3, -0.25) is 10.1 Å². The van der Waals surface area contributed by atoms with Gasteiger partial charge in [0.25, 0.3) is 15.9 Å². The van der Waals surface area contributed by atoms with Crippen LogP contribution in [-0.4, -0.2) is 34.7 Å². The number of carbonyl (C=O) groups is 2. The third-order valence-corrected chi connectivity index (χ3v) is 6.36. The van der Waals surface area contributed by atoms with Crippen molar-refractivity contribution < 1.29 is 22.7 Å². The fourth-order valence-electron chi connectivity index (χ4n) is 2.48. The van der Waals surface area contributed by atoms with Gasteiger partial charge in [-0.15, -0.1) is 0 Å². The van der Waals surface area contributed by atoms with Crippen molar-refractivity contribution in [3.8, 4) is 5.75 Å². The summed E-state index contributed by atoms with van der Waals surface area (Å²) in [5.41, 5.74) is -0.102. The van der Waals surface area contributed by atoms with Gasteiger partial charge in [-0.2, -0.15) is 0 Å². The molecule has 0 fully saturated rings. The maximum Gasteiger partial charge on any atom is 0.414 e. The minimum atomic E-state index is -4.36. The molecule has 0 bridgehead atoms. The van der Waals surface area contributed by atoms with Gasteiger partial charge in [-0.1, -0.05) is 58.5 Å². The summed E-state index contributed by atoms with van der Waals surface area (Å²) < 4.78 is 28.5. The first-order valence-corrected chi connectivity index (χ1v) is 10.5. The second-order valence-corrected chi connectivity index (χ2v) is 10.1. The first-order valence-electron chi connectivity index (χ1n) is 7.50. The molecule has 1 N–H and O–H groups in total. The lowest BCUT2D eigenvalue weighted by Crippen LogP contribution is -2.57. The van der Waals surface area contributed by atoms with Crippen molar-refractivity contribution >= 4 is 68.4 Å². The van der Waals surface area contributed by atoms with E-state index in [1.165, 1.54) is 48.5 Å². The van der Waals surface area contributed by atoms with Crippen LogP contribution in [0, 0.1) is 0 Å². The Morgan fingerprint density at radius 1 is 1.07 bits per heavy atom. The van der Waals surface area contributed by atoms with Gasteiger partial charge in [-0.05, 0) is 36.4 Å². The van der Waals surface area contributed by atoms with Gasteiger partial charge in [-0.25, -0.2) is 17.5 Å².